The molecule has 0 saturated carbocycles. The number of carbonyl (C=O) groups is 1. The molecule has 1 amide bonds. The van der Waals surface area contributed by atoms with Crippen molar-refractivity contribution in [2.24, 2.45) is 5.10 Å². The maximum absolute atomic E-state index is 13.0. The SMILES string of the molecule is COc1cccc(C2CC(c3cccs3)=NN2C(=O)c2ccc(Br)o2)c1. The van der Waals surface area contributed by atoms with Crippen molar-refractivity contribution in [1.29, 1.82) is 0 Å². The highest BCUT2D eigenvalue weighted by Gasteiger charge is 2.35. The van der Waals surface area contributed by atoms with E-state index in [9.17, 15) is 4.79 Å². The van der Waals surface area contributed by atoms with Gasteiger partial charge in [-0.25, -0.2) is 5.01 Å². The first kappa shape index (κ1) is 17.1. The van der Waals surface area contributed by atoms with E-state index >= 15 is 0 Å². The number of ether oxygens (including phenoxy) is 1. The zero-order chi connectivity index (χ0) is 18.1. The highest BCUT2D eigenvalue weighted by atomic mass is 79.9. The smallest absolute Gasteiger partial charge is 0.310 e. The topological polar surface area (TPSA) is 55.0 Å². The molecule has 4 rings (SSSR count). The second-order valence-corrected chi connectivity index (χ2v) is 7.50. The third-order valence-corrected chi connectivity index (χ3v) is 5.53. The molecule has 0 N–H and O–H groups in total. The van der Waals surface area contributed by atoms with Gasteiger partial charge in [-0.15, -0.1) is 11.3 Å². The van der Waals surface area contributed by atoms with Crippen LogP contribution in [-0.4, -0.2) is 23.7 Å². The van der Waals surface area contributed by atoms with Gasteiger partial charge < -0.3 is 9.15 Å². The van der Waals surface area contributed by atoms with Crippen molar-refractivity contribution in [2.45, 2.75) is 12.5 Å². The van der Waals surface area contributed by atoms with Crippen LogP contribution in [0.3, 0.4) is 0 Å². The quantitative estimate of drug-likeness (QED) is 0.578. The van der Waals surface area contributed by atoms with E-state index in [1.165, 1.54) is 5.01 Å². The van der Waals surface area contributed by atoms with E-state index in [2.05, 4.69) is 21.0 Å². The summed E-state index contributed by atoms with van der Waals surface area (Å²) in [5, 5.41) is 8.14. The van der Waals surface area contributed by atoms with Crippen molar-refractivity contribution in [3.8, 4) is 5.75 Å². The van der Waals surface area contributed by atoms with Crippen LogP contribution in [0.15, 0.2) is 68.1 Å². The second kappa shape index (κ2) is 7.09. The standard InChI is InChI=1S/C19H15BrN2O3S/c1-24-13-5-2-4-12(10-13)15-11-14(17-6-3-9-26-17)21-22(15)19(23)16-7-8-18(20)25-16/h2-10,15H,11H2,1H3. The summed E-state index contributed by atoms with van der Waals surface area (Å²) in [6.45, 7) is 0. The minimum Gasteiger partial charge on any atom is -0.497 e. The number of nitrogens with zero attached hydrogens (tertiary/aromatic N) is 2. The fourth-order valence-corrected chi connectivity index (χ4v) is 3.97. The zero-order valence-corrected chi connectivity index (χ0v) is 16.3. The molecule has 0 saturated heterocycles. The number of methoxy groups -OCH3 is 1. The summed E-state index contributed by atoms with van der Waals surface area (Å²) in [6, 6.07) is 14.9. The molecule has 1 atom stereocenters. The molecule has 26 heavy (non-hydrogen) atoms. The minimum atomic E-state index is -0.268. The molecule has 2 aromatic heterocycles. The normalized spacial score (nSPS) is 16.6. The molecule has 1 aromatic carbocycles. The van der Waals surface area contributed by atoms with E-state index in [1.54, 1.807) is 30.6 Å². The van der Waals surface area contributed by atoms with Crippen LogP contribution in [-0.2, 0) is 0 Å². The van der Waals surface area contributed by atoms with Crippen molar-refractivity contribution in [1.82, 2.24) is 5.01 Å². The Labute approximate surface area is 163 Å². The third kappa shape index (κ3) is 3.20. The first-order valence-corrected chi connectivity index (χ1v) is 9.67. The summed E-state index contributed by atoms with van der Waals surface area (Å²) >= 11 is 4.86. The molecule has 1 unspecified atom stereocenters. The van der Waals surface area contributed by atoms with E-state index in [-0.39, 0.29) is 17.7 Å². The van der Waals surface area contributed by atoms with Gasteiger partial charge in [-0.1, -0.05) is 18.2 Å². The average Bonchev–Trinajstić information content (AvgIpc) is 3.40. The number of hydrogen-bond donors (Lipinski definition) is 0. The fourth-order valence-electron chi connectivity index (χ4n) is 2.94. The summed E-state index contributed by atoms with van der Waals surface area (Å²) in [4.78, 5) is 14.1. The second-order valence-electron chi connectivity index (χ2n) is 5.77. The lowest BCUT2D eigenvalue weighted by atomic mass is 10.0. The van der Waals surface area contributed by atoms with Gasteiger partial charge in [0.05, 0.1) is 23.7 Å². The van der Waals surface area contributed by atoms with Crippen molar-refractivity contribution in [3.05, 3.63) is 74.8 Å². The minimum absolute atomic E-state index is 0.210. The van der Waals surface area contributed by atoms with E-state index in [1.807, 2.05) is 41.8 Å². The lowest BCUT2D eigenvalue weighted by Gasteiger charge is -2.21. The van der Waals surface area contributed by atoms with E-state index in [4.69, 9.17) is 9.15 Å². The van der Waals surface area contributed by atoms with E-state index in [0.29, 0.717) is 11.1 Å². The molecule has 1 aliphatic rings. The Kier molecular flexibility index (Phi) is 4.65. The summed E-state index contributed by atoms with van der Waals surface area (Å²) in [6.07, 6.45) is 0.640. The van der Waals surface area contributed by atoms with Crippen molar-refractivity contribution in [3.63, 3.8) is 0 Å². The summed E-state index contributed by atoms with van der Waals surface area (Å²) in [5.74, 6) is 0.733. The molecule has 7 heteroatoms. The van der Waals surface area contributed by atoms with Crippen molar-refractivity contribution < 1.29 is 13.9 Å². The largest absolute Gasteiger partial charge is 0.497 e. The molecule has 5 nitrogen and oxygen atoms in total. The number of rotatable bonds is 4. The molecule has 0 aliphatic carbocycles. The molecular weight excluding hydrogens is 416 g/mol. The Morgan fingerprint density at radius 3 is 2.88 bits per heavy atom. The zero-order valence-electron chi connectivity index (χ0n) is 13.9. The predicted molar refractivity (Wildman–Crippen MR) is 104 cm³/mol. The number of benzene rings is 1. The van der Waals surface area contributed by atoms with Crippen LogP contribution >= 0.6 is 27.3 Å². The summed E-state index contributed by atoms with van der Waals surface area (Å²) in [7, 11) is 1.63. The number of thiophene rings is 1. The van der Waals surface area contributed by atoms with Gasteiger partial charge in [-0.2, -0.15) is 5.10 Å². The molecule has 132 valence electrons. The summed E-state index contributed by atoms with van der Waals surface area (Å²) in [5.41, 5.74) is 1.87. The Bertz CT molecular complexity index is 965. The summed E-state index contributed by atoms with van der Waals surface area (Å²) < 4.78 is 11.3. The number of halogens is 1. The molecule has 0 spiro atoms. The monoisotopic (exact) mass is 430 g/mol. The third-order valence-electron chi connectivity index (χ3n) is 4.19. The van der Waals surface area contributed by atoms with Crippen LogP contribution in [0, 0.1) is 0 Å². The number of amides is 1. The lowest BCUT2D eigenvalue weighted by molar-refractivity contribution is 0.0677. The fraction of sp³-hybridized carbons (Fsp3) is 0.158. The first-order chi connectivity index (χ1) is 12.7. The Hall–Kier alpha value is -2.38. The van der Waals surface area contributed by atoms with Gasteiger partial charge in [0, 0.05) is 6.42 Å². The first-order valence-electron chi connectivity index (χ1n) is 8.00. The van der Waals surface area contributed by atoms with E-state index < -0.39 is 0 Å². The van der Waals surface area contributed by atoms with Gasteiger partial charge in [0.2, 0.25) is 0 Å². The highest BCUT2D eigenvalue weighted by molar-refractivity contribution is 9.10. The van der Waals surface area contributed by atoms with Crippen LogP contribution in [0.1, 0.15) is 33.5 Å². The predicted octanol–water partition coefficient (Wildman–Crippen LogP) is 5.10. The average molecular weight is 431 g/mol. The molecule has 3 aromatic rings. The van der Waals surface area contributed by atoms with Crippen LogP contribution in [0.4, 0.5) is 0 Å². The lowest BCUT2D eigenvalue weighted by Crippen LogP contribution is -2.26. The van der Waals surface area contributed by atoms with Gasteiger partial charge in [-0.05, 0) is 57.2 Å². The Balaban J connectivity index is 1.72. The highest BCUT2D eigenvalue weighted by Crippen LogP contribution is 2.36. The molecule has 1 aliphatic heterocycles. The molecule has 0 bridgehead atoms. The molecule has 0 radical (unpaired) electrons. The Morgan fingerprint density at radius 1 is 1.31 bits per heavy atom. The maximum Gasteiger partial charge on any atom is 0.310 e. The van der Waals surface area contributed by atoms with Crippen LogP contribution in [0.2, 0.25) is 0 Å². The Morgan fingerprint density at radius 2 is 2.19 bits per heavy atom. The van der Waals surface area contributed by atoms with Gasteiger partial charge >= 0.3 is 5.91 Å². The van der Waals surface area contributed by atoms with Gasteiger partial charge in [0.15, 0.2) is 10.4 Å². The van der Waals surface area contributed by atoms with Crippen molar-refractivity contribution >= 4 is 38.9 Å². The van der Waals surface area contributed by atoms with Crippen LogP contribution < -0.4 is 4.74 Å². The van der Waals surface area contributed by atoms with Gasteiger partial charge in [-0.3, -0.25) is 4.79 Å². The maximum atomic E-state index is 13.0. The van der Waals surface area contributed by atoms with Crippen molar-refractivity contribution in [2.75, 3.05) is 7.11 Å². The number of furan rings is 1. The van der Waals surface area contributed by atoms with Gasteiger partial charge in [0.1, 0.15) is 5.75 Å². The molecule has 0 fully saturated rings. The van der Waals surface area contributed by atoms with Gasteiger partial charge in [0.25, 0.3) is 0 Å². The number of hydrazone groups is 1. The molecular formula is C19H15BrN2O3S. The van der Waals surface area contributed by atoms with Crippen LogP contribution in [0.5, 0.6) is 5.75 Å². The number of carbonyl (C=O) groups excluding carboxylic acids is 1. The van der Waals surface area contributed by atoms with Crippen LogP contribution in [0.25, 0.3) is 0 Å². The molecule has 3 heterocycles. The van der Waals surface area contributed by atoms with E-state index in [0.717, 1.165) is 21.9 Å². The number of hydrogen-bond acceptors (Lipinski definition) is 5.